The predicted molar refractivity (Wildman–Crippen MR) is 93.6 cm³/mol. The van der Waals surface area contributed by atoms with Crippen LogP contribution in [0.25, 0.3) is 10.8 Å². The molecule has 0 saturated heterocycles. The van der Waals surface area contributed by atoms with Crippen molar-refractivity contribution in [3.8, 4) is 0 Å². The lowest BCUT2D eigenvalue weighted by molar-refractivity contribution is 0.0530. The number of nitrogens with two attached hydrogens (primary N) is 1. The van der Waals surface area contributed by atoms with E-state index in [2.05, 4.69) is 15.6 Å². The summed E-state index contributed by atoms with van der Waals surface area (Å²) in [6.07, 6.45) is 1.37. The molecule has 0 radical (unpaired) electrons. The second-order valence-corrected chi connectivity index (χ2v) is 6.43. The second kappa shape index (κ2) is 6.73. The van der Waals surface area contributed by atoms with Crippen molar-refractivity contribution in [3.05, 3.63) is 30.1 Å². The lowest BCUT2D eigenvalue weighted by Gasteiger charge is -2.19. The number of nitrogens with zero attached hydrogens (tertiary/aromatic N) is 1. The average Bonchev–Trinajstić information content (AvgIpc) is 2.43. The van der Waals surface area contributed by atoms with Gasteiger partial charge in [-0.2, -0.15) is 0 Å². The third kappa shape index (κ3) is 4.74. The van der Waals surface area contributed by atoms with Gasteiger partial charge in [0.1, 0.15) is 5.60 Å². The van der Waals surface area contributed by atoms with Gasteiger partial charge in [0.15, 0.2) is 0 Å². The Kier molecular flexibility index (Phi) is 4.93. The zero-order valence-electron chi connectivity index (χ0n) is 14.1. The summed E-state index contributed by atoms with van der Waals surface area (Å²) in [6, 6.07) is 5.78. The maximum Gasteiger partial charge on any atom is 0.407 e. The van der Waals surface area contributed by atoms with Crippen LogP contribution in [0.2, 0.25) is 0 Å². The summed E-state index contributed by atoms with van der Waals surface area (Å²) in [5.74, 6) is 0. The van der Waals surface area contributed by atoms with Crippen LogP contribution in [0.1, 0.15) is 26.5 Å². The van der Waals surface area contributed by atoms with E-state index in [1.165, 1.54) is 0 Å². The zero-order valence-corrected chi connectivity index (χ0v) is 14.1. The molecule has 1 aromatic carbocycles. The molecule has 0 aliphatic heterocycles. The van der Waals surface area contributed by atoms with E-state index >= 15 is 0 Å². The average molecular weight is 316 g/mol. The number of amides is 1. The molecule has 0 bridgehead atoms. The fraction of sp³-hybridized carbons (Fsp3) is 0.412. The van der Waals surface area contributed by atoms with Gasteiger partial charge in [-0.3, -0.25) is 4.98 Å². The molecule has 0 fully saturated rings. The zero-order chi connectivity index (χ0) is 17.0. The first-order valence-electron chi connectivity index (χ1n) is 7.62. The Labute approximate surface area is 136 Å². The van der Waals surface area contributed by atoms with E-state index in [0.717, 1.165) is 22.2 Å². The highest BCUT2D eigenvalue weighted by molar-refractivity contribution is 6.00. The number of alkyl carbamates (subject to hydrolysis) is 1. The van der Waals surface area contributed by atoms with Crippen molar-refractivity contribution in [3.63, 3.8) is 0 Å². The smallest absolute Gasteiger partial charge is 0.407 e. The molecule has 1 amide bonds. The van der Waals surface area contributed by atoms with Crippen LogP contribution >= 0.6 is 0 Å². The number of nitrogen functional groups attached to an aromatic ring is 1. The van der Waals surface area contributed by atoms with E-state index in [9.17, 15) is 4.79 Å². The number of hydrogen-bond acceptors (Lipinski definition) is 5. The molecule has 23 heavy (non-hydrogen) atoms. The number of rotatable bonds is 4. The monoisotopic (exact) mass is 316 g/mol. The summed E-state index contributed by atoms with van der Waals surface area (Å²) < 4.78 is 5.19. The molecular weight excluding hydrogens is 292 g/mol. The summed E-state index contributed by atoms with van der Waals surface area (Å²) in [5, 5.41) is 7.97. The maximum absolute atomic E-state index is 11.6. The molecule has 0 aliphatic carbocycles. The van der Waals surface area contributed by atoms with Crippen LogP contribution in [0.5, 0.6) is 0 Å². The standard InChI is InChI=1S/C17H24N4O2/c1-11-9-12-13(10-21-11)14(18)5-6-15(12)19-7-8-20-16(22)23-17(2,3)4/h5-6,9-10,19H,7-8,18H2,1-4H3,(H,20,22). The molecule has 0 spiro atoms. The number of carbonyl (C=O) groups is 1. The molecule has 6 nitrogen and oxygen atoms in total. The molecule has 4 N–H and O–H groups in total. The van der Waals surface area contributed by atoms with Gasteiger partial charge in [-0.25, -0.2) is 4.79 Å². The molecule has 2 rings (SSSR count). The van der Waals surface area contributed by atoms with Gasteiger partial charge >= 0.3 is 6.09 Å². The van der Waals surface area contributed by atoms with Crippen LogP contribution in [0.3, 0.4) is 0 Å². The summed E-state index contributed by atoms with van der Waals surface area (Å²) in [5.41, 5.74) is 8.09. The summed E-state index contributed by atoms with van der Waals surface area (Å²) in [7, 11) is 0. The number of carbonyl (C=O) groups excluding carboxylic acids is 1. The molecule has 6 heteroatoms. The van der Waals surface area contributed by atoms with Crippen LogP contribution < -0.4 is 16.4 Å². The van der Waals surface area contributed by atoms with Gasteiger partial charge in [0.25, 0.3) is 0 Å². The van der Waals surface area contributed by atoms with Crippen molar-refractivity contribution < 1.29 is 9.53 Å². The number of pyridine rings is 1. The third-order valence-electron chi connectivity index (χ3n) is 3.18. The van der Waals surface area contributed by atoms with Crippen molar-refractivity contribution in [2.75, 3.05) is 24.1 Å². The first-order chi connectivity index (χ1) is 10.8. The predicted octanol–water partition coefficient (Wildman–Crippen LogP) is 3.06. The van der Waals surface area contributed by atoms with Crippen molar-refractivity contribution in [2.24, 2.45) is 0 Å². The number of benzene rings is 1. The van der Waals surface area contributed by atoms with Gasteiger partial charge < -0.3 is 21.1 Å². The van der Waals surface area contributed by atoms with Crippen LogP contribution in [0.15, 0.2) is 24.4 Å². The van der Waals surface area contributed by atoms with Crippen molar-refractivity contribution in [1.82, 2.24) is 10.3 Å². The molecule has 2 aromatic rings. The van der Waals surface area contributed by atoms with E-state index < -0.39 is 11.7 Å². The topological polar surface area (TPSA) is 89.3 Å². The van der Waals surface area contributed by atoms with E-state index in [-0.39, 0.29) is 0 Å². The van der Waals surface area contributed by atoms with Crippen LogP contribution in [0, 0.1) is 6.92 Å². The second-order valence-electron chi connectivity index (χ2n) is 6.43. The number of aromatic nitrogens is 1. The van der Waals surface area contributed by atoms with E-state index in [1.807, 2.05) is 45.9 Å². The van der Waals surface area contributed by atoms with Gasteiger partial charge in [0.05, 0.1) is 0 Å². The SMILES string of the molecule is Cc1cc2c(NCCNC(=O)OC(C)(C)C)ccc(N)c2cn1. The molecular formula is C17H24N4O2. The van der Waals surface area contributed by atoms with Gasteiger partial charge in [0, 0.05) is 47.1 Å². The Morgan fingerprint density at radius 3 is 2.70 bits per heavy atom. The molecule has 1 aromatic heterocycles. The fourth-order valence-corrected chi connectivity index (χ4v) is 2.20. The van der Waals surface area contributed by atoms with Crippen molar-refractivity contribution >= 4 is 28.2 Å². The Morgan fingerprint density at radius 1 is 1.26 bits per heavy atom. The Hall–Kier alpha value is -2.50. The normalized spacial score (nSPS) is 11.3. The maximum atomic E-state index is 11.6. The van der Waals surface area contributed by atoms with Gasteiger partial charge in [-0.15, -0.1) is 0 Å². The van der Waals surface area contributed by atoms with E-state index in [1.54, 1.807) is 6.20 Å². The van der Waals surface area contributed by atoms with Crippen molar-refractivity contribution in [2.45, 2.75) is 33.3 Å². The first-order valence-corrected chi connectivity index (χ1v) is 7.62. The van der Waals surface area contributed by atoms with Crippen LogP contribution in [-0.2, 0) is 4.74 Å². The number of anilines is 2. The first kappa shape index (κ1) is 16.9. The molecule has 1 heterocycles. The molecule has 0 atom stereocenters. The summed E-state index contributed by atoms with van der Waals surface area (Å²) in [4.78, 5) is 15.9. The lowest BCUT2D eigenvalue weighted by Crippen LogP contribution is -2.35. The highest BCUT2D eigenvalue weighted by Crippen LogP contribution is 2.28. The van der Waals surface area contributed by atoms with Crippen LogP contribution in [0.4, 0.5) is 16.2 Å². The minimum absolute atomic E-state index is 0.415. The molecule has 124 valence electrons. The Balaban J connectivity index is 1.97. The van der Waals surface area contributed by atoms with E-state index in [4.69, 9.17) is 10.5 Å². The third-order valence-corrected chi connectivity index (χ3v) is 3.18. The van der Waals surface area contributed by atoms with Gasteiger partial charge in [-0.1, -0.05) is 0 Å². The number of fused-ring (bicyclic) bond motifs is 1. The quantitative estimate of drug-likeness (QED) is 0.596. The highest BCUT2D eigenvalue weighted by Gasteiger charge is 2.15. The number of ether oxygens (including phenoxy) is 1. The molecule has 0 aliphatic rings. The van der Waals surface area contributed by atoms with Gasteiger partial charge in [0.2, 0.25) is 0 Å². The molecule has 0 saturated carbocycles. The van der Waals surface area contributed by atoms with E-state index in [0.29, 0.717) is 18.8 Å². The fourth-order valence-electron chi connectivity index (χ4n) is 2.20. The number of aryl methyl sites for hydroxylation is 1. The van der Waals surface area contributed by atoms with Crippen LogP contribution in [-0.4, -0.2) is 29.8 Å². The Morgan fingerprint density at radius 2 is 2.00 bits per heavy atom. The number of hydrogen-bond donors (Lipinski definition) is 3. The van der Waals surface area contributed by atoms with Crippen molar-refractivity contribution in [1.29, 1.82) is 0 Å². The summed E-state index contributed by atoms with van der Waals surface area (Å²) >= 11 is 0. The number of nitrogens with one attached hydrogen (secondary N) is 2. The lowest BCUT2D eigenvalue weighted by atomic mass is 10.1. The largest absolute Gasteiger partial charge is 0.444 e. The van der Waals surface area contributed by atoms with Gasteiger partial charge in [-0.05, 0) is 45.9 Å². The summed E-state index contributed by atoms with van der Waals surface area (Å²) in [6.45, 7) is 8.49. The highest BCUT2D eigenvalue weighted by atomic mass is 16.6. The molecule has 0 unspecified atom stereocenters. The Bertz CT molecular complexity index is 708. The minimum Gasteiger partial charge on any atom is -0.444 e. The minimum atomic E-state index is -0.491.